The van der Waals surface area contributed by atoms with Crippen molar-refractivity contribution in [2.45, 2.75) is 38.8 Å². The maximum atomic E-state index is 12.6. The summed E-state index contributed by atoms with van der Waals surface area (Å²) in [5, 5.41) is 1.35. The zero-order chi connectivity index (χ0) is 19.8. The number of aromatic nitrogens is 1. The molecular weight excluding hydrogens is 352 g/mol. The molecule has 2 aliphatic rings. The minimum Gasteiger partial charge on any atom is -0.465 e. The fourth-order valence-corrected chi connectivity index (χ4v) is 4.64. The van der Waals surface area contributed by atoms with Gasteiger partial charge in [0.15, 0.2) is 0 Å². The molecule has 1 aliphatic heterocycles. The summed E-state index contributed by atoms with van der Waals surface area (Å²) in [6, 6.07) is 7.29. The molecule has 0 saturated heterocycles. The van der Waals surface area contributed by atoms with Crippen molar-refractivity contribution in [3.8, 4) is 0 Å². The lowest BCUT2D eigenvalue weighted by molar-refractivity contribution is -0.147. The van der Waals surface area contributed by atoms with Crippen LogP contribution >= 0.6 is 0 Å². The van der Waals surface area contributed by atoms with Crippen molar-refractivity contribution in [3.05, 3.63) is 41.6 Å². The van der Waals surface area contributed by atoms with Crippen LogP contribution in [0.25, 0.3) is 16.5 Å². The van der Waals surface area contributed by atoms with E-state index < -0.39 is 0 Å². The van der Waals surface area contributed by atoms with E-state index >= 15 is 0 Å². The number of nitrogens with zero attached hydrogens (tertiary/aromatic N) is 2. The highest BCUT2D eigenvalue weighted by Crippen LogP contribution is 2.42. The molecule has 0 bridgehead atoms. The van der Waals surface area contributed by atoms with E-state index in [2.05, 4.69) is 60.8 Å². The number of likely N-dealkylation sites (N-methyl/N-ethyl adjacent to an activating group) is 1. The van der Waals surface area contributed by atoms with E-state index in [0.29, 0.717) is 31.8 Å². The molecule has 0 unspecified atom stereocenters. The Morgan fingerprint density at radius 3 is 2.86 bits per heavy atom. The van der Waals surface area contributed by atoms with Crippen molar-refractivity contribution in [2.24, 2.45) is 5.92 Å². The van der Waals surface area contributed by atoms with Gasteiger partial charge in [-0.25, -0.2) is 0 Å². The number of hydrogen-bond donors (Lipinski definition) is 0. The van der Waals surface area contributed by atoms with E-state index in [1.54, 1.807) is 7.11 Å². The second kappa shape index (κ2) is 7.72. The fourth-order valence-electron chi connectivity index (χ4n) is 4.64. The number of fused-ring (bicyclic) bond motifs is 2. The van der Waals surface area contributed by atoms with Crippen molar-refractivity contribution in [1.29, 1.82) is 0 Å². The Kier molecular flexibility index (Phi) is 5.30. The van der Waals surface area contributed by atoms with Crippen LogP contribution in [0.5, 0.6) is 0 Å². The number of benzene rings is 1. The van der Waals surface area contributed by atoms with Crippen LogP contribution in [0.2, 0.25) is 0 Å². The Bertz CT molecular complexity index is 912. The predicted octanol–water partition coefficient (Wildman–Crippen LogP) is 3.67. The van der Waals surface area contributed by atoms with E-state index in [0.717, 1.165) is 12.8 Å². The van der Waals surface area contributed by atoms with Gasteiger partial charge in [-0.05, 0) is 50.1 Å². The Hall–Kier alpha value is -2.11. The van der Waals surface area contributed by atoms with Crippen molar-refractivity contribution in [2.75, 3.05) is 33.9 Å². The third kappa shape index (κ3) is 3.27. The molecule has 1 aliphatic carbocycles. The van der Waals surface area contributed by atoms with Gasteiger partial charge in [0.25, 0.3) is 0 Å². The Morgan fingerprint density at radius 1 is 1.29 bits per heavy atom. The largest absolute Gasteiger partial charge is 0.465 e. The molecule has 2 aromatic rings. The van der Waals surface area contributed by atoms with Crippen LogP contribution in [-0.4, -0.2) is 55.4 Å². The van der Waals surface area contributed by atoms with Crippen LogP contribution in [-0.2, 0) is 20.7 Å². The van der Waals surface area contributed by atoms with Gasteiger partial charge < -0.3 is 14.0 Å². The first-order chi connectivity index (χ1) is 13.5. The summed E-state index contributed by atoms with van der Waals surface area (Å²) >= 11 is 0. The zero-order valence-corrected chi connectivity index (χ0v) is 17.3. The molecule has 2 atom stereocenters. The lowest BCUT2D eigenvalue weighted by atomic mass is 9.80. The highest BCUT2D eigenvalue weighted by atomic mass is 16.5. The van der Waals surface area contributed by atoms with Gasteiger partial charge in [-0.3, -0.25) is 9.69 Å². The van der Waals surface area contributed by atoms with E-state index in [1.165, 1.54) is 27.6 Å². The lowest BCUT2D eigenvalue weighted by Crippen LogP contribution is -2.44. The van der Waals surface area contributed by atoms with Gasteiger partial charge in [0.1, 0.15) is 0 Å². The van der Waals surface area contributed by atoms with E-state index in [-0.39, 0.29) is 11.9 Å². The van der Waals surface area contributed by atoms with Gasteiger partial charge in [0, 0.05) is 55.9 Å². The molecule has 0 fully saturated rings. The summed E-state index contributed by atoms with van der Waals surface area (Å²) in [5.41, 5.74) is 5.24. The normalized spacial score (nSPS) is 21.7. The minimum absolute atomic E-state index is 0.133. The lowest BCUT2D eigenvalue weighted by Gasteiger charge is -2.39. The monoisotopic (exact) mass is 382 g/mol. The van der Waals surface area contributed by atoms with Gasteiger partial charge in [-0.2, -0.15) is 0 Å². The van der Waals surface area contributed by atoms with Crippen molar-refractivity contribution < 1.29 is 14.3 Å². The van der Waals surface area contributed by atoms with E-state index in [4.69, 9.17) is 9.47 Å². The molecule has 1 aromatic carbocycles. The maximum Gasteiger partial charge on any atom is 0.314 e. The molecular formula is C23H30N2O3. The number of rotatable bonds is 6. The quantitative estimate of drug-likeness (QED) is 0.565. The molecule has 4 rings (SSSR count). The average molecular weight is 383 g/mol. The second-order valence-corrected chi connectivity index (χ2v) is 8.26. The molecule has 28 heavy (non-hydrogen) atoms. The summed E-state index contributed by atoms with van der Waals surface area (Å²) in [6.45, 7) is 6.17. The van der Waals surface area contributed by atoms with Crippen LogP contribution in [0, 0.1) is 5.92 Å². The van der Waals surface area contributed by atoms with Gasteiger partial charge in [-0.1, -0.05) is 18.2 Å². The number of ether oxygens (including phenoxy) is 2. The standard InChI is InChI=1S/C23H30N2O3/c1-15(2)25-14-16-12-21-19(18-7-5-8-20(25)22(16)18)11-17(13-24(21)3)23(26)28-10-6-9-27-4/h5,7-8,11,14-15,17,21H,6,9-10,12-13H2,1-4H3/t17-,21-/m1/s1. The summed E-state index contributed by atoms with van der Waals surface area (Å²) < 4.78 is 12.9. The molecule has 0 amide bonds. The maximum absolute atomic E-state index is 12.6. The molecule has 5 nitrogen and oxygen atoms in total. The number of methoxy groups -OCH3 is 1. The third-order valence-electron chi connectivity index (χ3n) is 6.01. The molecule has 0 spiro atoms. The Balaban J connectivity index is 1.68. The van der Waals surface area contributed by atoms with Crippen LogP contribution in [0.3, 0.4) is 0 Å². The average Bonchev–Trinajstić information content (AvgIpc) is 3.06. The third-order valence-corrected chi connectivity index (χ3v) is 6.01. The molecule has 0 radical (unpaired) electrons. The topological polar surface area (TPSA) is 43.7 Å². The SMILES string of the molecule is COCCCOC(=O)[C@@H]1C=C2c3cccc4c3c(cn4C(C)C)C[C@H]2N(C)C1. The number of hydrogen-bond acceptors (Lipinski definition) is 4. The molecule has 150 valence electrons. The molecule has 0 N–H and O–H groups in total. The first kappa shape index (κ1) is 19.2. The number of carbonyl (C=O) groups excluding carboxylic acids is 1. The highest BCUT2D eigenvalue weighted by molar-refractivity contribution is 5.99. The van der Waals surface area contributed by atoms with Crippen molar-refractivity contribution in [1.82, 2.24) is 9.47 Å². The van der Waals surface area contributed by atoms with Crippen LogP contribution < -0.4 is 0 Å². The summed E-state index contributed by atoms with van der Waals surface area (Å²) in [5.74, 6) is -0.352. The summed E-state index contributed by atoms with van der Waals surface area (Å²) in [7, 11) is 3.78. The second-order valence-electron chi connectivity index (χ2n) is 8.26. The Morgan fingerprint density at radius 2 is 2.11 bits per heavy atom. The van der Waals surface area contributed by atoms with Gasteiger partial charge in [-0.15, -0.1) is 0 Å². The number of carbonyl (C=O) groups is 1. The van der Waals surface area contributed by atoms with Crippen LogP contribution in [0.1, 0.15) is 37.4 Å². The van der Waals surface area contributed by atoms with Gasteiger partial charge >= 0.3 is 5.97 Å². The molecule has 2 heterocycles. The molecule has 5 heteroatoms. The summed E-state index contributed by atoms with van der Waals surface area (Å²) in [4.78, 5) is 14.9. The predicted molar refractivity (Wildman–Crippen MR) is 111 cm³/mol. The smallest absolute Gasteiger partial charge is 0.314 e. The van der Waals surface area contributed by atoms with Crippen LogP contribution in [0.4, 0.5) is 0 Å². The van der Waals surface area contributed by atoms with E-state index in [9.17, 15) is 4.79 Å². The zero-order valence-electron chi connectivity index (χ0n) is 17.3. The summed E-state index contributed by atoms with van der Waals surface area (Å²) in [6.07, 6.45) is 6.20. The van der Waals surface area contributed by atoms with E-state index in [1.807, 2.05) is 0 Å². The van der Waals surface area contributed by atoms with Crippen molar-refractivity contribution >= 4 is 22.4 Å². The van der Waals surface area contributed by atoms with Gasteiger partial charge in [0.05, 0.1) is 12.5 Å². The Labute approximate surface area is 166 Å². The van der Waals surface area contributed by atoms with Crippen molar-refractivity contribution in [3.63, 3.8) is 0 Å². The fraction of sp³-hybridized carbons (Fsp3) is 0.522. The molecule has 1 aromatic heterocycles. The first-order valence-electron chi connectivity index (χ1n) is 10.2. The number of esters is 1. The highest BCUT2D eigenvalue weighted by Gasteiger charge is 2.36. The molecule has 0 saturated carbocycles. The minimum atomic E-state index is -0.220. The first-order valence-corrected chi connectivity index (χ1v) is 10.2. The van der Waals surface area contributed by atoms with Gasteiger partial charge in [0.2, 0.25) is 0 Å². The van der Waals surface area contributed by atoms with Crippen LogP contribution in [0.15, 0.2) is 30.5 Å².